The molecule has 0 bridgehead atoms. The van der Waals surface area contributed by atoms with Crippen molar-refractivity contribution in [2.45, 2.75) is 19.8 Å². The highest BCUT2D eigenvalue weighted by Crippen LogP contribution is 2.12. The fourth-order valence-electron chi connectivity index (χ4n) is 2.41. The highest BCUT2D eigenvalue weighted by atomic mass is 16.5. The average Bonchev–Trinajstić information content (AvgIpc) is 2.65. The summed E-state index contributed by atoms with van der Waals surface area (Å²) in [7, 11) is 1.65. The number of nitrogens with one attached hydrogen (secondary N) is 2. The second-order valence-electron chi connectivity index (χ2n) is 5.88. The fraction of sp³-hybridized carbons (Fsp3) is 0.238. The number of hydrogen-bond donors (Lipinski definition) is 2. The van der Waals surface area contributed by atoms with Gasteiger partial charge in [-0.3, -0.25) is 9.59 Å². The number of amides is 2. The lowest BCUT2D eigenvalue weighted by Gasteiger charge is -2.04. The van der Waals surface area contributed by atoms with Crippen molar-refractivity contribution < 1.29 is 14.3 Å². The van der Waals surface area contributed by atoms with Gasteiger partial charge in [-0.15, -0.1) is 0 Å². The number of benzene rings is 2. The molecule has 0 spiro atoms. The zero-order valence-electron chi connectivity index (χ0n) is 15.1. The predicted octanol–water partition coefficient (Wildman–Crippen LogP) is 3.42. The lowest BCUT2D eigenvalue weighted by Crippen LogP contribution is -2.22. The summed E-state index contributed by atoms with van der Waals surface area (Å²) in [5, 5.41) is 5.58. The smallest absolute Gasteiger partial charge is 0.243 e. The molecule has 2 amide bonds. The van der Waals surface area contributed by atoms with Crippen LogP contribution in [0.3, 0.4) is 0 Å². The van der Waals surface area contributed by atoms with E-state index in [1.165, 1.54) is 18.6 Å². The van der Waals surface area contributed by atoms with Crippen molar-refractivity contribution in [3.8, 4) is 5.75 Å². The van der Waals surface area contributed by atoms with Crippen LogP contribution in [0.15, 0.2) is 54.6 Å². The van der Waals surface area contributed by atoms with Crippen LogP contribution in [0.4, 0.5) is 5.69 Å². The minimum Gasteiger partial charge on any atom is -0.497 e. The van der Waals surface area contributed by atoms with Crippen LogP contribution in [-0.2, 0) is 16.0 Å². The van der Waals surface area contributed by atoms with Gasteiger partial charge in [0.05, 0.1) is 7.11 Å². The van der Waals surface area contributed by atoms with E-state index in [0.29, 0.717) is 6.54 Å². The molecule has 0 aliphatic carbocycles. The fourth-order valence-corrected chi connectivity index (χ4v) is 2.41. The van der Waals surface area contributed by atoms with Crippen molar-refractivity contribution in [3.63, 3.8) is 0 Å². The molecular formula is C21H24N2O3. The zero-order chi connectivity index (χ0) is 18.8. The van der Waals surface area contributed by atoms with Crippen molar-refractivity contribution in [2.75, 3.05) is 19.0 Å². The lowest BCUT2D eigenvalue weighted by atomic mass is 10.1. The molecule has 0 heterocycles. The molecular weight excluding hydrogens is 328 g/mol. The van der Waals surface area contributed by atoms with E-state index in [-0.39, 0.29) is 11.8 Å². The molecule has 136 valence electrons. The van der Waals surface area contributed by atoms with Crippen molar-refractivity contribution in [3.05, 3.63) is 65.7 Å². The SMILES string of the molecule is COc1ccc(CCCNC(=O)C=Cc2ccc(NC(C)=O)cc2)cc1. The van der Waals surface area contributed by atoms with Crippen LogP contribution >= 0.6 is 0 Å². The summed E-state index contributed by atoms with van der Waals surface area (Å²) in [5.41, 5.74) is 2.85. The van der Waals surface area contributed by atoms with Crippen molar-refractivity contribution >= 4 is 23.6 Å². The Bertz CT molecular complexity index is 750. The molecule has 0 aromatic heterocycles. The monoisotopic (exact) mass is 352 g/mol. The summed E-state index contributed by atoms with van der Waals surface area (Å²) in [5.74, 6) is 0.616. The third-order valence-electron chi connectivity index (χ3n) is 3.76. The Morgan fingerprint density at radius 1 is 1.04 bits per heavy atom. The minimum absolute atomic E-state index is 0.109. The molecule has 2 aromatic rings. The summed E-state index contributed by atoms with van der Waals surface area (Å²) in [6, 6.07) is 15.2. The van der Waals surface area contributed by atoms with Gasteiger partial charge < -0.3 is 15.4 Å². The van der Waals surface area contributed by atoms with Crippen molar-refractivity contribution in [2.24, 2.45) is 0 Å². The van der Waals surface area contributed by atoms with Crippen LogP contribution in [0.25, 0.3) is 6.08 Å². The van der Waals surface area contributed by atoms with Gasteiger partial charge in [0.1, 0.15) is 5.75 Å². The molecule has 5 heteroatoms. The number of aryl methyl sites for hydroxylation is 1. The Balaban J connectivity index is 1.70. The molecule has 0 fully saturated rings. The van der Waals surface area contributed by atoms with Crippen LogP contribution in [0.5, 0.6) is 5.75 Å². The van der Waals surface area contributed by atoms with Gasteiger partial charge in [0.25, 0.3) is 0 Å². The Kier molecular flexibility index (Phi) is 7.43. The molecule has 0 saturated carbocycles. The van der Waals surface area contributed by atoms with E-state index in [1.807, 2.05) is 36.4 Å². The average molecular weight is 352 g/mol. The molecule has 2 rings (SSSR count). The molecule has 2 N–H and O–H groups in total. The van der Waals surface area contributed by atoms with Gasteiger partial charge in [0, 0.05) is 25.2 Å². The highest BCUT2D eigenvalue weighted by molar-refractivity contribution is 5.92. The summed E-state index contributed by atoms with van der Waals surface area (Å²) in [4.78, 5) is 22.8. The topological polar surface area (TPSA) is 67.4 Å². The van der Waals surface area contributed by atoms with Gasteiger partial charge in [0.2, 0.25) is 11.8 Å². The van der Waals surface area contributed by atoms with Gasteiger partial charge >= 0.3 is 0 Å². The molecule has 0 radical (unpaired) electrons. The zero-order valence-corrected chi connectivity index (χ0v) is 15.1. The first kappa shape index (κ1) is 19.2. The quantitative estimate of drug-likeness (QED) is 0.565. The highest BCUT2D eigenvalue weighted by Gasteiger charge is 1.98. The third kappa shape index (κ3) is 6.81. The van der Waals surface area contributed by atoms with Crippen molar-refractivity contribution in [1.82, 2.24) is 5.32 Å². The molecule has 0 unspecified atom stereocenters. The number of carbonyl (C=O) groups excluding carboxylic acids is 2. The summed E-state index contributed by atoms with van der Waals surface area (Å²) in [6.07, 6.45) is 5.03. The van der Waals surface area contributed by atoms with E-state index in [0.717, 1.165) is 29.8 Å². The van der Waals surface area contributed by atoms with Gasteiger partial charge in [-0.25, -0.2) is 0 Å². The van der Waals surface area contributed by atoms with Gasteiger partial charge in [-0.05, 0) is 54.3 Å². The Hall–Kier alpha value is -3.08. The largest absolute Gasteiger partial charge is 0.497 e. The number of rotatable bonds is 8. The Labute approximate surface area is 154 Å². The normalized spacial score (nSPS) is 10.5. The van der Waals surface area contributed by atoms with Crippen LogP contribution in [0.1, 0.15) is 24.5 Å². The van der Waals surface area contributed by atoms with E-state index >= 15 is 0 Å². The number of ether oxygens (including phenoxy) is 1. The van der Waals surface area contributed by atoms with Crippen LogP contribution in [0, 0.1) is 0 Å². The van der Waals surface area contributed by atoms with Crippen LogP contribution in [-0.4, -0.2) is 25.5 Å². The van der Waals surface area contributed by atoms with E-state index in [9.17, 15) is 9.59 Å². The molecule has 5 nitrogen and oxygen atoms in total. The molecule has 0 aliphatic rings. The third-order valence-corrected chi connectivity index (χ3v) is 3.76. The van der Waals surface area contributed by atoms with Crippen LogP contribution in [0.2, 0.25) is 0 Å². The number of anilines is 1. The standard InChI is InChI=1S/C21H24N2O3/c1-16(24)23-19-10-5-18(6-11-19)9-14-21(25)22-15-3-4-17-7-12-20(26-2)13-8-17/h5-14H,3-4,15H2,1-2H3,(H,22,25)(H,23,24). The first-order valence-corrected chi connectivity index (χ1v) is 8.53. The van der Waals surface area contributed by atoms with Crippen molar-refractivity contribution in [1.29, 1.82) is 0 Å². The molecule has 0 atom stereocenters. The Morgan fingerprint density at radius 3 is 2.35 bits per heavy atom. The summed E-state index contributed by atoms with van der Waals surface area (Å²) in [6.45, 7) is 2.09. The van der Waals surface area contributed by atoms with E-state index in [4.69, 9.17) is 4.74 Å². The van der Waals surface area contributed by atoms with E-state index in [1.54, 1.807) is 25.3 Å². The second-order valence-corrected chi connectivity index (χ2v) is 5.88. The Morgan fingerprint density at radius 2 is 1.73 bits per heavy atom. The number of methoxy groups -OCH3 is 1. The first-order valence-electron chi connectivity index (χ1n) is 8.53. The van der Waals surface area contributed by atoms with E-state index < -0.39 is 0 Å². The second kappa shape index (κ2) is 10.0. The molecule has 0 aliphatic heterocycles. The van der Waals surface area contributed by atoms with Gasteiger partial charge in [-0.2, -0.15) is 0 Å². The first-order chi connectivity index (χ1) is 12.6. The van der Waals surface area contributed by atoms with Crippen LogP contribution < -0.4 is 15.4 Å². The molecule has 26 heavy (non-hydrogen) atoms. The maximum atomic E-state index is 11.9. The summed E-state index contributed by atoms with van der Waals surface area (Å²) < 4.78 is 5.13. The number of hydrogen-bond acceptors (Lipinski definition) is 3. The molecule has 2 aromatic carbocycles. The minimum atomic E-state index is -0.120. The predicted molar refractivity (Wildman–Crippen MR) is 104 cm³/mol. The van der Waals surface area contributed by atoms with Gasteiger partial charge in [-0.1, -0.05) is 24.3 Å². The maximum absolute atomic E-state index is 11.9. The number of carbonyl (C=O) groups is 2. The molecule has 0 saturated heterocycles. The maximum Gasteiger partial charge on any atom is 0.243 e. The summed E-state index contributed by atoms with van der Waals surface area (Å²) >= 11 is 0. The lowest BCUT2D eigenvalue weighted by molar-refractivity contribution is -0.116. The van der Waals surface area contributed by atoms with Gasteiger partial charge in [0.15, 0.2) is 0 Å². The van der Waals surface area contributed by atoms with E-state index in [2.05, 4.69) is 10.6 Å².